The first-order valence-corrected chi connectivity index (χ1v) is 6.92. The molecule has 102 valence electrons. The first kappa shape index (κ1) is 15.0. The monoisotopic (exact) mass is 248 g/mol. The van der Waals surface area contributed by atoms with Gasteiger partial charge in [0.1, 0.15) is 0 Å². The van der Waals surface area contributed by atoms with Crippen LogP contribution in [0.15, 0.2) is 24.3 Å². The van der Waals surface area contributed by atoms with Crippen molar-refractivity contribution >= 4 is 5.69 Å². The molecule has 1 aromatic carbocycles. The summed E-state index contributed by atoms with van der Waals surface area (Å²) in [6.07, 6.45) is 0. The lowest BCUT2D eigenvalue weighted by atomic mass is 10.1. The highest BCUT2D eigenvalue weighted by molar-refractivity contribution is 5.49. The molecule has 0 radical (unpaired) electrons. The number of nitrogens with one attached hydrogen (secondary N) is 1. The quantitative estimate of drug-likeness (QED) is 0.856. The van der Waals surface area contributed by atoms with Gasteiger partial charge in [-0.1, -0.05) is 12.1 Å². The number of likely N-dealkylation sites (N-methyl/N-ethyl adjacent to an activating group) is 1. The average Bonchev–Trinajstić information content (AvgIpc) is 2.26. The molecule has 0 heterocycles. The van der Waals surface area contributed by atoms with Crippen LogP contribution < -0.4 is 10.2 Å². The van der Waals surface area contributed by atoms with Gasteiger partial charge in [-0.25, -0.2) is 0 Å². The summed E-state index contributed by atoms with van der Waals surface area (Å²) >= 11 is 0. The summed E-state index contributed by atoms with van der Waals surface area (Å²) in [6.45, 7) is 15.3. The molecule has 0 fully saturated rings. The van der Waals surface area contributed by atoms with E-state index in [4.69, 9.17) is 0 Å². The van der Waals surface area contributed by atoms with Crippen molar-refractivity contribution in [2.24, 2.45) is 0 Å². The zero-order valence-corrected chi connectivity index (χ0v) is 12.7. The molecule has 0 saturated carbocycles. The van der Waals surface area contributed by atoms with Gasteiger partial charge >= 0.3 is 0 Å². The van der Waals surface area contributed by atoms with Gasteiger partial charge in [-0.05, 0) is 59.2 Å². The van der Waals surface area contributed by atoms with Crippen molar-refractivity contribution in [3.05, 3.63) is 29.8 Å². The zero-order chi connectivity index (χ0) is 13.8. The van der Waals surface area contributed by atoms with Crippen LogP contribution in [0.4, 0.5) is 5.69 Å². The van der Waals surface area contributed by atoms with Crippen molar-refractivity contribution in [2.75, 3.05) is 18.0 Å². The molecule has 1 rings (SSSR count). The Hall–Kier alpha value is -1.02. The van der Waals surface area contributed by atoms with E-state index in [0.717, 1.165) is 13.1 Å². The highest BCUT2D eigenvalue weighted by Gasteiger charge is 2.16. The van der Waals surface area contributed by atoms with E-state index in [1.54, 1.807) is 0 Å². The first-order chi connectivity index (χ1) is 8.33. The molecule has 0 aliphatic carbocycles. The molecule has 0 aliphatic rings. The van der Waals surface area contributed by atoms with Crippen LogP contribution >= 0.6 is 0 Å². The predicted octanol–water partition coefficient (Wildman–Crippen LogP) is 3.60. The van der Waals surface area contributed by atoms with Gasteiger partial charge in [0.25, 0.3) is 0 Å². The molecule has 0 aliphatic heterocycles. The largest absolute Gasteiger partial charge is 0.368 e. The SMILES string of the molecule is CCN(c1cccc(C)c1)C(C)CNC(C)(C)C. The van der Waals surface area contributed by atoms with Crippen LogP contribution in [0.2, 0.25) is 0 Å². The molecule has 0 bridgehead atoms. The number of nitrogens with zero attached hydrogens (tertiary/aromatic N) is 1. The Kier molecular flexibility index (Phi) is 5.21. The Morgan fingerprint density at radius 3 is 2.44 bits per heavy atom. The van der Waals surface area contributed by atoms with Gasteiger partial charge in [-0.3, -0.25) is 0 Å². The van der Waals surface area contributed by atoms with E-state index < -0.39 is 0 Å². The predicted molar refractivity (Wildman–Crippen MR) is 81.4 cm³/mol. The second-order valence-corrected chi connectivity index (χ2v) is 6.10. The lowest BCUT2D eigenvalue weighted by molar-refractivity contribution is 0.405. The molecule has 0 spiro atoms. The van der Waals surface area contributed by atoms with E-state index in [9.17, 15) is 0 Å². The number of hydrogen-bond acceptors (Lipinski definition) is 2. The van der Waals surface area contributed by atoms with E-state index in [0.29, 0.717) is 6.04 Å². The molecule has 0 amide bonds. The van der Waals surface area contributed by atoms with Crippen molar-refractivity contribution in [1.29, 1.82) is 0 Å². The Morgan fingerprint density at radius 2 is 1.94 bits per heavy atom. The standard InChI is InChI=1S/C16H28N2/c1-7-18(14(3)12-17-16(4,5)6)15-10-8-9-13(2)11-15/h8-11,14,17H,7,12H2,1-6H3. The number of anilines is 1. The van der Waals surface area contributed by atoms with E-state index in [-0.39, 0.29) is 5.54 Å². The third kappa shape index (κ3) is 4.69. The maximum Gasteiger partial charge on any atom is 0.0386 e. The van der Waals surface area contributed by atoms with Crippen LogP contribution in [-0.2, 0) is 0 Å². The van der Waals surface area contributed by atoms with Gasteiger partial charge in [-0.15, -0.1) is 0 Å². The summed E-state index contributed by atoms with van der Waals surface area (Å²) < 4.78 is 0. The molecular weight excluding hydrogens is 220 g/mol. The van der Waals surface area contributed by atoms with Crippen molar-refractivity contribution in [2.45, 2.75) is 53.1 Å². The van der Waals surface area contributed by atoms with Crippen LogP contribution in [0.1, 0.15) is 40.2 Å². The maximum atomic E-state index is 3.58. The molecule has 0 saturated heterocycles. The lowest BCUT2D eigenvalue weighted by Crippen LogP contribution is -2.46. The summed E-state index contributed by atoms with van der Waals surface area (Å²) in [6, 6.07) is 9.24. The van der Waals surface area contributed by atoms with Crippen LogP contribution in [-0.4, -0.2) is 24.7 Å². The fraction of sp³-hybridized carbons (Fsp3) is 0.625. The van der Waals surface area contributed by atoms with E-state index in [1.807, 2.05) is 0 Å². The number of aryl methyl sites for hydroxylation is 1. The van der Waals surface area contributed by atoms with E-state index >= 15 is 0 Å². The summed E-state index contributed by atoms with van der Waals surface area (Å²) in [7, 11) is 0. The van der Waals surface area contributed by atoms with Crippen LogP contribution in [0.3, 0.4) is 0 Å². The van der Waals surface area contributed by atoms with E-state index in [1.165, 1.54) is 11.3 Å². The second-order valence-electron chi connectivity index (χ2n) is 6.10. The van der Waals surface area contributed by atoms with Crippen molar-refractivity contribution in [1.82, 2.24) is 5.32 Å². The van der Waals surface area contributed by atoms with Gasteiger partial charge in [0.2, 0.25) is 0 Å². The van der Waals surface area contributed by atoms with Crippen LogP contribution in [0.25, 0.3) is 0 Å². The molecule has 1 aromatic rings. The van der Waals surface area contributed by atoms with Gasteiger partial charge in [-0.2, -0.15) is 0 Å². The summed E-state index contributed by atoms with van der Waals surface area (Å²) in [5.41, 5.74) is 2.82. The molecule has 2 nitrogen and oxygen atoms in total. The third-order valence-corrected chi connectivity index (χ3v) is 3.13. The highest BCUT2D eigenvalue weighted by atomic mass is 15.2. The first-order valence-electron chi connectivity index (χ1n) is 6.92. The minimum atomic E-state index is 0.181. The summed E-state index contributed by atoms with van der Waals surface area (Å²) in [4.78, 5) is 2.45. The zero-order valence-electron chi connectivity index (χ0n) is 12.7. The smallest absolute Gasteiger partial charge is 0.0386 e. The topological polar surface area (TPSA) is 15.3 Å². The van der Waals surface area contributed by atoms with Crippen LogP contribution in [0.5, 0.6) is 0 Å². The molecule has 1 atom stereocenters. The fourth-order valence-electron chi connectivity index (χ4n) is 2.12. The normalized spacial score (nSPS) is 13.4. The Balaban J connectivity index is 2.71. The van der Waals surface area contributed by atoms with Crippen molar-refractivity contribution < 1.29 is 0 Å². The second kappa shape index (κ2) is 6.24. The molecule has 1 N–H and O–H groups in total. The Morgan fingerprint density at radius 1 is 1.28 bits per heavy atom. The third-order valence-electron chi connectivity index (χ3n) is 3.13. The summed E-state index contributed by atoms with van der Waals surface area (Å²) in [5.74, 6) is 0. The molecule has 2 heteroatoms. The average molecular weight is 248 g/mol. The van der Waals surface area contributed by atoms with Crippen molar-refractivity contribution in [3.8, 4) is 0 Å². The number of benzene rings is 1. The number of rotatable bonds is 5. The molecule has 1 unspecified atom stereocenters. The maximum absolute atomic E-state index is 3.58. The van der Waals surface area contributed by atoms with Gasteiger partial charge in [0.15, 0.2) is 0 Å². The van der Waals surface area contributed by atoms with Crippen molar-refractivity contribution in [3.63, 3.8) is 0 Å². The summed E-state index contributed by atoms with van der Waals surface area (Å²) in [5, 5.41) is 3.58. The van der Waals surface area contributed by atoms with Gasteiger partial charge in [0.05, 0.1) is 0 Å². The highest BCUT2D eigenvalue weighted by Crippen LogP contribution is 2.18. The van der Waals surface area contributed by atoms with Gasteiger partial charge < -0.3 is 10.2 Å². The fourth-order valence-corrected chi connectivity index (χ4v) is 2.12. The lowest BCUT2D eigenvalue weighted by Gasteiger charge is -2.33. The Bertz CT molecular complexity index is 366. The molecule has 0 aromatic heterocycles. The van der Waals surface area contributed by atoms with E-state index in [2.05, 4.69) is 76.0 Å². The molecule has 18 heavy (non-hydrogen) atoms. The minimum Gasteiger partial charge on any atom is -0.368 e. The van der Waals surface area contributed by atoms with Crippen LogP contribution in [0, 0.1) is 6.92 Å². The minimum absolute atomic E-state index is 0.181. The van der Waals surface area contributed by atoms with Gasteiger partial charge in [0, 0.05) is 30.4 Å². The number of hydrogen-bond donors (Lipinski definition) is 1. The Labute approximate surface area is 112 Å². The molecular formula is C16H28N2.